The van der Waals surface area contributed by atoms with E-state index in [2.05, 4.69) is 0 Å². The van der Waals surface area contributed by atoms with Crippen LogP contribution in [0.1, 0.15) is 12.5 Å². The average molecular weight is 298 g/mol. The molecule has 0 amide bonds. The van der Waals surface area contributed by atoms with Gasteiger partial charge in [-0.25, -0.2) is 4.79 Å². The molecule has 0 radical (unpaired) electrons. The minimum absolute atomic E-state index is 0.0475. The van der Waals surface area contributed by atoms with Crippen LogP contribution in [0.25, 0.3) is 10.8 Å². The van der Waals surface area contributed by atoms with Crippen LogP contribution in [0.15, 0.2) is 48.6 Å². The molecule has 0 saturated carbocycles. The van der Waals surface area contributed by atoms with Crippen molar-refractivity contribution in [3.63, 3.8) is 0 Å². The van der Waals surface area contributed by atoms with Gasteiger partial charge in [-0.15, -0.1) is 0 Å². The lowest BCUT2D eigenvalue weighted by Crippen LogP contribution is -2.10. The molecule has 0 heterocycles. The molecule has 0 bridgehead atoms. The Morgan fingerprint density at radius 1 is 1.23 bits per heavy atom. The number of hydrogen-bond donors (Lipinski definition) is 2. The first-order chi connectivity index (χ1) is 10.6. The molecule has 5 nitrogen and oxygen atoms in total. The first kappa shape index (κ1) is 15.6. The maximum atomic E-state index is 11.1. The molecule has 0 aliphatic rings. The minimum Gasteiger partial charge on any atom is -0.490 e. The molecule has 0 saturated heterocycles. The van der Waals surface area contributed by atoms with Crippen molar-refractivity contribution in [2.24, 2.45) is 5.73 Å². The highest BCUT2D eigenvalue weighted by atomic mass is 16.5. The summed E-state index contributed by atoms with van der Waals surface area (Å²) < 4.78 is 10.3. The van der Waals surface area contributed by atoms with Crippen LogP contribution >= 0.6 is 0 Å². The van der Waals surface area contributed by atoms with E-state index in [0.29, 0.717) is 17.9 Å². The zero-order chi connectivity index (χ0) is 15.9. The lowest BCUT2D eigenvalue weighted by Gasteiger charge is -2.06. The molecule has 2 rings (SSSR count). The number of hydrogen-bond acceptors (Lipinski definition) is 4. The molecule has 0 aromatic heterocycles. The van der Waals surface area contributed by atoms with Crippen LogP contribution in [0.5, 0.6) is 5.75 Å². The topological polar surface area (TPSA) is 85.4 Å². The molecule has 5 heteroatoms. The van der Waals surface area contributed by atoms with Crippen molar-refractivity contribution in [2.75, 3.05) is 13.2 Å². The van der Waals surface area contributed by atoms with Crippen molar-refractivity contribution in [1.29, 1.82) is 5.41 Å². The molecule has 114 valence electrons. The van der Waals surface area contributed by atoms with Gasteiger partial charge in [-0.3, -0.25) is 5.41 Å². The second kappa shape index (κ2) is 7.26. The fraction of sp³-hybridized carbons (Fsp3) is 0.176. The van der Waals surface area contributed by atoms with Crippen molar-refractivity contribution < 1.29 is 14.3 Å². The van der Waals surface area contributed by atoms with E-state index >= 15 is 0 Å². The van der Waals surface area contributed by atoms with Crippen molar-refractivity contribution in [1.82, 2.24) is 0 Å². The predicted octanol–water partition coefficient (Wildman–Crippen LogP) is 2.62. The Balaban J connectivity index is 2.02. The Kier molecular flexibility index (Phi) is 5.14. The molecule has 0 fully saturated rings. The van der Waals surface area contributed by atoms with E-state index in [4.69, 9.17) is 20.6 Å². The quantitative estimate of drug-likeness (QED) is 0.371. The van der Waals surface area contributed by atoms with E-state index in [-0.39, 0.29) is 18.4 Å². The third-order valence-electron chi connectivity index (χ3n) is 3.01. The van der Waals surface area contributed by atoms with E-state index in [1.54, 1.807) is 19.1 Å². The van der Waals surface area contributed by atoms with Gasteiger partial charge in [0.15, 0.2) is 0 Å². The second-order valence-corrected chi connectivity index (χ2v) is 4.60. The number of nitrogen functional groups attached to an aromatic ring is 1. The number of fused-ring (bicyclic) bond motifs is 1. The number of carbonyl (C=O) groups excluding carboxylic acids is 1. The third kappa shape index (κ3) is 4.09. The van der Waals surface area contributed by atoms with Crippen LogP contribution in [0.4, 0.5) is 0 Å². The highest BCUT2D eigenvalue weighted by Gasteiger charge is 2.01. The molecule has 0 atom stereocenters. The van der Waals surface area contributed by atoms with E-state index in [1.807, 2.05) is 30.3 Å². The van der Waals surface area contributed by atoms with Gasteiger partial charge in [0.2, 0.25) is 0 Å². The Bertz CT molecular complexity index is 723. The molecule has 0 aliphatic heterocycles. The number of nitrogens with two attached hydrogens (primary N) is 1. The Morgan fingerprint density at radius 2 is 1.95 bits per heavy atom. The van der Waals surface area contributed by atoms with Gasteiger partial charge in [0.05, 0.1) is 6.61 Å². The van der Waals surface area contributed by atoms with Crippen molar-refractivity contribution in [2.45, 2.75) is 6.92 Å². The molecule has 0 aliphatic carbocycles. The average Bonchev–Trinajstić information content (AvgIpc) is 2.51. The molecule has 22 heavy (non-hydrogen) atoms. The van der Waals surface area contributed by atoms with Gasteiger partial charge < -0.3 is 15.2 Å². The zero-order valence-corrected chi connectivity index (χ0v) is 12.3. The maximum absolute atomic E-state index is 11.1. The monoisotopic (exact) mass is 298 g/mol. The summed E-state index contributed by atoms with van der Waals surface area (Å²) >= 11 is 0. The Hall–Kier alpha value is -2.82. The fourth-order valence-electron chi connectivity index (χ4n) is 1.96. The number of esters is 1. The molecular formula is C17H18N2O3. The summed E-state index contributed by atoms with van der Waals surface area (Å²) in [6.45, 7) is 2.40. The highest BCUT2D eigenvalue weighted by Crippen LogP contribution is 2.22. The summed E-state index contributed by atoms with van der Waals surface area (Å²) in [7, 11) is 0. The van der Waals surface area contributed by atoms with Gasteiger partial charge in [-0.2, -0.15) is 0 Å². The van der Waals surface area contributed by atoms with Gasteiger partial charge in [0, 0.05) is 11.6 Å². The number of ether oxygens (including phenoxy) is 2. The van der Waals surface area contributed by atoms with Gasteiger partial charge in [0.1, 0.15) is 18.2 Å². The number of nitrogens with one attached hydrogen (secondary N) is 1. The molecule has 0 spiro atoms. The van der Waals surface area contributed by atoms with Crippen molar-refractivity contribution in [3.8, 4) is 5.75 Å². The van der Waals surface area contributed by atoms with Crippen molar-refractivity contribution >= 4 is 22.6 Å². The number of rotatable bonds is 6. The molecule has 3 N–H and O–H groups in total. The van der Waals surface area contributed by atoms with Gasteiger partial charge in [-0.1, -0.05) is 18.2 Å². The van der Waals surface area contributed by atoms with E-state index in [1.165, 1.54) is 6.08 Å². The van der Waals surface area contributed by atoms with Crippen LogP contribution < -0.4 is 10.5 Å². The van der Waals surface area contributed by atoms with Crippen molar-refractivity contribution in [3.05, 3.63) is 54.1 Å². The lowest BCUT2D eigenvalue weighted by atomic mass is 10.1. The summed E-state index contributed by atoms with van der Waals surface area (Å²) in [5.41, 5.74) is 6.17. The fourth-order valence-corrected chi connectivity index (χ4v) is 1.96. The van der Waals surface area contributed by atoms with Crippen LogP contribution in [0.2, 0.25) is 0 Å². The predicted molar refractivity (Wildman–Crippen MR) is 86.2 cm³/mol. The first-order valence-electron chi connectivity index (χ1n) is 6.94. The maximum Gasteiger partial charge on any atom is 0.330 e. The molecular weight excluding hydrogens is 280 g/mol. The minimum atomic E-state index is -0.374. The van der Waals surface area contributed by atoms with Crippen LogP contribution in [0.3, 0.4) is 0 Å². The Morgan fingerprint density at radius 3 is 2.68 bits per heavy atom. The number of carbonyl (C=O) groups is 1. The largest absolute Gasteiger partial charge is 0.490 e. The highest BCUT2D eigenvalue weighted by molar-refractivity contribution is 5.99. The van der Waals surface area contributed by atoms with Gasteiger partial charge in [-0.05, 0) is 42.0 Å². The van der Waals surface area contributed by atoms with Gasteiger partial charge >= 0.3 is 5.97 Å². The third-order valence-corrected chi connectivity index (χ3v) is 3.01. The van der Waals surface area contributed by atoms with E-state index in [9.17, 15) is 4.79 Å². The summed E-state index contributed by atoms with van der Waals surface area (Å²) in [6, 6.07) is 11.2. The summed E-state index contributed by atoms with van der Waals surface area (Å²) in [5.74, 6) is 0.379. The van der Waals surface area contributed by atoms with E-state index in [0.717, 1.165) is 10.8 Å². The number of benzene rings is 2. The zero-order valence-electron chi connectivity index (χ0n) is 12.3. The smallest absolute Gasteiger partial charge is 0.330 e. The van der Waals surface area contributed by atoms with Crippen LogP contribution in [0, 0.1) is 5.41 Å². The first-order valence-corrected chi connectivity index (χ1v) is 6.94. The van der Waals surface area contributed by atoms with Crippen LogP contribution in [-0.4, -0.2) is 25.0 Å². The normalized spacial score (nSPS) is 10.8. The summed E-state index contributed by atoms with van der Waals surface area (Å²) in [6.07, 6.45) is 2.96. The van der Waals surface area contributed by atoms with Crippen LogP contribution in [-0.2, 0) is 9.53 Å². The standard InChI is InChI=1S/C17H18N2O3/c1-2-21-16(20)4-3-9-22-15-8-7-12-10-14(17(18)19)6-5-13(12)11-15/h3-8,10-11H,2,9H2,1H3,(H3,18,19)/b4-3+. The lowest BCUT2D eigenvalue weighted by molar-refractivity contribution is -0.137. The Labute approximate surface area is 128 Å². The summed E-state index contributed by atoms with van der Waals surface area (Å²) in [4.78, 5) is 11.1. The number of amidine groups is 1. The van der Waals surface area contributed by atoms with Gasteiger partial charge in [0.25, 0.3) is 0 Å². The molecule has 2 aromatic rings. The molecule has 0 unspecified atom stereocenters. The second-order valence-electron chi connectivity index (χ2n) is 4.60. The molecule has 2 aromatic carbocycles. The SMILES string of the molecule is CCOC(=O)/C=C/COc1ccc2cc(C(=N)N)ccc2c1. The van der Waals surface area contributed by atoms with E-state index < -0.39 is 0 Å². The summed E-state index contributed by atoms with van der Waals surface area (Å²) in [5, 5.41) is 9.42.